The number of nitrogens with zero attached hydrogens (tertiary/aromatic N) is 1. The zero-order chi connectivity index (χ0) is 46.1. The lowest BCUT2D eigenvalue weighted by Gasteiger charge is -2.33. The zero-order valence-electron chi connectivity index (χ0n) is 41.2. The van der Waals surface area contributed by atoms with Gasteiger partial charge in [0.2, 0.25) is 0 Å². The van der Waals surface area contributed by atoms with Gasteiger partial charge in [0.25, 0.3) is 0 Å². The minimum Gasteiger partial charge on any atom is -0.310 e. The largest absolute Gasteiger partial charge is 0.310 e. The number of hydrogen-bond donors (Lipinski definition) is 0. The van der Waals surface area contributed by atoms with Crippen LogP contribution in [0.15, 0.2) is 133 Å². The lowest BCUT2D eigenvalue weighted by Crippen LogP contribution is -2.16. The molecule has 0 N–H and O–H groups in total. The van der Waals surface area contributed by atoms with Crippen molar-refractivity contribution >= 4 is 49.4 Å². The van der Waals surface area contributed by atoms with Gasteiger partial charge in [-0.1, -0.05) is 154 Å². The molecule has 0 spiro atoms. The maximum absolute atomic E-state index is 2.62. The van der Waals surface area contributed by atoms with Crippen molar-refractivity contribution in [1.29, 1.82) is 0 Å². The Balaban J connectivity index is 1.36. The SMILES string of the molecule is Cc1cccc(C(Cc2ccccc2)Cc2cccc(N(c3ccc(C)cc3C)c3cc(C(C)c4ccc(C)cc4C)c4c(C)c(C)c5cc(C(C)(C)C)cc6c(C)c(C)c3c4c56)c2)c1. The quantitative estimate of drug-likeness (QED) is 0.124. The Morgan fingerprint density at radius 1 is 0.446 bits per heavy atom. The van der Waals surface area contributed by atoms with Crippen LogP contribution in [-0.2, 0) is 18.3 Å². The highest BCUT2D eigenvalue weighted by molar-refractivity contribution is 6.30. The van der Waals surface area contributed by atoms with Crippen molar-refractivity contribution in [2.24, 2.45) is 0 Å². The van der Waals surface area contributed by atoms with Gasteiger partial charge >= 0.3 is 0 Å². The molecule has 0 heterocycles. The first-order valence-electron chi connectivity index (χ1n) is 23.9. The van der Waals surface area contributed by atoms with Crippen LogP contribution in [0.5, 0.6) is 0 Å². The number of benzene rings is 9. The molecule has 9 rings (SSSR count). The number of rotatable bonds is 10. The topological polar surface area (TPSA) is 3.24 Å². The van der Waals surface area contributed by atoms with Crippen LogP contribution >= 0.6 is 0 Å². The Morgan fingerprint density at radius 3 is 1.69 bits per heavy atom. The van der Waals surface area contributed by atoms with Gasteiger partial charge in [0.15, 0.2) is 0 Å². The van der Waals surface area contributed by atoms with Crippen molar-refractivity contribution in [2.45, 2.75) is 120 Å². The minimum absolute atomic E-state index is 0.0170. The molecule has 2 atom stereocenters. The second-order valence-electron chi connectivity index (χ2n) is 20.7. The molecule has 0 aliphatic heterocycles. The molecule has 0 amide bonds. The summed E-state index contributed by atoms with van der Waals surface area (Å²) in [6.07, 6.45) is 1.92. The van der Waals surface area contributed by atoms with Gasteiger partial charge in [-0.05, 0) is 199 Å². The van der Waals surface area contributed by atoms with E-state index in [1.807, 2.05) is 0 Å². The summed E-state index contributed by atoms with van der Waals surface area (Å²) in [5, 5.41) is 8.33. The fraction of sp³-hybridized carbons (Fsp3) is 0.281. The summed E-state index contributed by atoms with van der Waals surface area (Å²) >= 11 is 0. The molecule has 1 nitrogen and oxygen atoms in total. The fourth-order valence-corrected chi connectivity index (χ4v) is 11.1. The summed E-state index contributed by atoms with van der Waals surface area (Å²) in [6, 6.07) is 51.4. The third-order valence-corrected chi connectivity index (χ3v) is 15.0. The van der Waals surface area contributed by atoms with E-state index in [1.54, 1.807) is 0 Å². The van der Waals surface area contributed by atoms with E-state index in [0.717, 1.165) is 12.8 Å². The average Bonchev–Trinajstić information content (AvgIpc) is 3.27. The normalized spacial score (nSPS) is 13.0. The van der Waals surface area contributed by atoms with Crippen molar-refractivity contribution in [3.63, 3.8) is 0 Å². The van der Waals surface area contributed by atoms with Gasteiger partial charge < -0.3 is 4.90 Å². The summed E-state index contributed by atoms with van der Waals surface area (Å²) in [5.41, 5.74) is 23.9. The summed E-state index contributed by atoms with van der Waals surface area (Å²) in [7, 11) is 0. The first-order valence-corrected chi connectivity index (χ1v) is 23.9. The third-order valence-electron chi connectivity index (χ3n) is 15.0. The van der Waals surface area contributed by atoms with Crippen LogP contribution in [0.25, 0.3) is 32.3 Å². The van der Waals surface area contributed by atoms with E-state index < -0.39 is 0 Å². The van der Waals surface area contributed by atoms with E-state index in [2.05, 4.69) is 228 Å². The van der Waals surface area contributed by atoms with Gasteiger partial charge in [-0.15, -0.1) is 0 Å². The summed E-state index contributed by atoms with van der Waals surface area (Å²) in [6.45, 7) is 30.3. The van der Waals surface area contributed by atoms with Crippen molar-refractivity contribution < 1.29 is 0 Å². The van der Waals surface area contributed by atoms with E-state index in [-0.39, 0.29) is 11.3 Å². The molecular formula is C64H67N. The maximum atomic E-state index is 2.62. The molecule has 0 fully saturated rings. The van der Waals surface area contributed by atoms with E-state index in [4.69, 9.17) is 0 Å². The van der Waals surface area contributed by atoms with Gasteiger partial charge in [-0.3, -0.25) is 0 Å². The van der Waals surface area contributed by atoms with Crippen molar-refractivity contribution in [2.75, 3.05) is 4.90 Å². The Morgan fingerprint density at radius 2 is 1.05 bits per heavy atom. The van der Waals surface area contributed by atoms with Gasteiger partial charge in [0, 0.05) is 28.1 Å². The van der Waals surface area contributed by atoms with E-state index in [1.165, 1.54) is 133 Å². The van der Waals surface area contributed by atoms with Crippen LogP contribution in [0.2, 0.25) is 0 Å². The molecule has 0 aromatic heterocycles. The fourth-order valence-electron chi connectivity index (χ4n) is 11.1. The minimum atomic E-state index is 0.0170. The maximum Gasteiger partial charge on any atom is 0.0546 e. The van der Waals surface area contributed by atoms with Crippen LogP contribution in [0, 0.1) is 62.3 Å². The number of anilines is 3. The predicted molar refractivity (Wildman–Crippen MR) is 283 cm³/mol. The summed E-state index contributed by atoms with van der Waals surface area (Å²) in [5.74, 6) is 0.486. The van der Waals surface area contributed by atoms with E-state index in [0.29, 0.717) is 5.92 Å². The number of hydrogen-bond acceptors (Lipinski definition) is 1. The second-order valence-corrected chi connectivity index (χ2v) is 20.7. The third kappa shape index (κ3) is 8.03. The lowest BCUT2D eigenvalue weighted by molar-refractivity contribution is 0.591. The van der Waals surface area contributed by atoms with Crippen LogP contribution < -0.4 is 4.90 Å². The molecule has 9 aromatic carbocycles. The molecule has 1 heteroatoms. The molecule has 0 saturated heterocycles. The molecule has 2 unspecified atom stereocenters. The first kappa shape index (κ1) is 44.0. The smallest absolute Gasteiger partial charge is 0.0546 e. The molecule has 0 radical (unpaired) electrons. The number of aryl methyl sites for hydroxylation is 9. The van der Waals surface area contributed by atoms with Crippen LogP contribution in [0.1, 0.15) is 123 Å². The standard InChI is InChI=1S/C64H67N/c1-38-19-17-23-50(31-38)51(32-48-20-15-14-16-21-48)33-49-22-18-24-53(34-49)65(58-28-26-40(3)30-42(58)5)59-37-57(47(10)54-27-25-39(2)29-41(54)4)60-45(8)43(6)55-35-52(64(11,12)13)36-56-44(7)46(9)61(59)63(60)62(55)56/h14-31,34-37,47,51H,32-33H2,1-13H3. The van der Waals surface area contributed by atoms with Gasteiger partial charge in [0.1, 0.15) is 0 Å². The van der Waals surface area contributed by atoms with Crippen molar-refractivity contribution in [1.82, 2.24) is 0 Å². The molecule has 9 aromatic rings. The predicted octanol–water partition coefficient (Wildman–Crippen LogP) is 17.8. The van der Waals surface area contributed by atoms with Crippen LogP contribution in [0.3, 0.4) is 0 Å². The highest BCUT2D eigenvalue weighted by Crippen LogP contribution is 2.52. The van der Waals surface area contributed by atoms with Crippen LogP contribution in [-0.4, -0.2) is 0 Å². The Labute approximate surface area is 389 Å². The highest BCUT2D eigenvalue weighted by Gasteiger charge is 2.30. The summed E-state index contributed by atoms with van der Waals surface area (Å²) in [4.78, 5) is 2.62. The monoisotopic (exact) mass is 850 g/mol. The lowest BCUT2D eigenvalue weighted by atomic mass is 9.76. The van der Waals surface area contributed by atoms with Crippen molar-refractivity contribution in [3.8, 4) is 0 Å². The van der Waals surface area contributed by atoms with Gasteiger partial charge in [-0.25, -0.2) is 0 Å². The Kier molecular flexibility index (Phi) is 11.5. The molecule has 0 aliphatic carbocycles. The molecule has 65 heavy (non-hydrogen) atoms. The molecule has 0 saturated carbocycles. The Hall–Kier alpha value is -6.18. The zero-order valence-corrected chi connectivity index (χ0v) is 41.2. The average molecular weight is 850 g/mol. The summed E-state index contributed by atoms with van der Waals surface area (Å²) < 4.78 is 0. The van der Waals surface area contributed by atoms with Crippen molar-refractivity contribution in [3.05, 3.63) is 217 Å². The Bertz CT molecular complexity index is 3230. The molecule has 0 aliphatic rings. The second kappa shape index (κ2) is 17.0. The van der Waals surface area contributed by atoms with Crippen LogP contribution in [0.4, 0.5) is 17.1 Å². The first-order chi connectivity index (χ1) is 31.0. The molecule has 0 bridgehead atoms. The van der Waals surface area contributed by atoms with E-state index >= 15 is 0 Å². The molecular weight excluding hydrogens is 783 g/mol. The van der Waals surface area contributed by atoms with Gasteiger partial charge in [-0.2, -0.15) is 0 Å². The van der Waals surface area contributed by atoms with E-state index in [9.17, 15) is 0 Å². The highest BCUT2D eigenvalue weighted by atomic mass is 15.1. The van der Waals surface area contributed by atoms with Gasteiger partial charge in [0.05, 0.1) is 5.69 Å². The molecule has 328 valence electrons.